The van der Waals surface area contributed by atoms with Gasteiger partial charge >= 0.3 is 6.03 Å². The van der Waals surface area contributed by atoms with Gasteiger partial charge in [-0.3, -0.25) is 0 Å². The molecule has 2 heterocycles. The summed E-state index contributed by atoms with van der Waals surface area (Å²) in [5, 5.41) is 2.94. The molecule has 6 heteroatoms. The monoisotopic (exact) mass is 334 g/mol. The van der Waals surface area contributed by atoms with Gasteiger partial charge < -0.3 is 24.4 Å². The van der Waals surface area contributed by atoms with E-state index < -0.39 is 0 Å². The molecule has 6 nitrogen and oxygen atoms in total. The standard InChI is InChI=1S/C18H26N2O4/c21-18(20-7-10-22-11-8-20)19-16-5-3-4-15(12-16)13-23-14-17-6-1-2-9-24-17/h3-5,12,17H,1-2,6-11,13-14H2,(H,19,21)/t17-/m0/s1. The third-order valence-electron chi connectivity index (χ3n) is 4.32. The number of ether oxygens (including phenoxy) is 3. The van der Waals surface area contributed by atoms with Crippen molar-refractivity contribution in [1.82, 2.24) is 4.90 Å². The highest BCUT2D eigenvalue weighted by atomic mass is 16.5. The first kappa shape index (κ1) is 17.2. The first-order chi connectivity index (χ1) is 11.8. The van der Waals surface area contributed by atoms with Crippen molar-refractivity contribution < 1.29 is 19.0 Å². The molecule has 2 amide bonds. The van der Waals surface area contributed by atoms with Crippen LogP contribution < -0.4 is 5.32 Å². The molecule has 0 saturated carbocycles. The van der Waals surface area contributed by atoms with E-state index in [0.29, 0.717) is 39.5 Å². The maximum absolute atomic E-state index is 12.2. The number of carbonyl (C=O) groups excluding carboxylic acids is 1. The summed E-state index contributed by atoms with van der Waals surface area (Å²) < 4.78 is 16.7. The number of morpholine rings is 1. The molecule has 1 atom stereocenters. The predicted molar refractivity (Wildman–Crippen MR) is 91.1 cm³/mol. The van der Waals surface area contributed by atoms with Crippen molar-refractivity contribution in [3.8, 4) is 0 Å². The molecule has 0 radical (unpaired) electrons. The summed E-state index contributed by atoms with van der Waals surface area (Å²) in [6.07, 6.45) is 3.68. The topological polar surface area (TPSA) is 60.0 Å². The molecule has 0 spiro atoms. The maximum Gasteiger partial charge on any atom is 0.321 e. The van der Waals surface area contributed by atoms with Crippen molar-refractivity contribution in [3.63, 3.8) is 0 Å². The van der Waals surface area contributed by atoms with Crippen molar-refractivity contribution in [3.05, 3.63) is 29.8 Å². The Kier molecular flexibility index (Phi) is 6.46. The summed E-state index contributed by atoms with van der Waals surface area (Å²) in [6, 6.07) is 7.72. The van der Waals surface area contributed by atoms with Gasteiger partial charge in [0.15, 0.2) is 0 Å². The second kappa shape index (κ2) is 9.01. The molecule has 0 bridgehead atoms. The van der Waals surface area contributed by atoms with E-state index in [1.807, 2.05) is 24.3 Å². The van der Waals surface area contributed by atoms with E-state index in [0.717, 1.165) is 30.7 Å². The highest BCUT2D eigenvalue weighted by molar-refractivity contribution is 5.89. The van der Waals surface area contributed by atoms with Gasteiger partial charge in [0.2, 0.25) is 0 Å². The molecule has 132 valence electrons. The molecular formula is C18H26N2O4. The van der Waals surface area contributed by atoms with E-state index in [1.165, 1.54) is 6.42 Å². The number of nitrogens with one attached hydrogen (secondary N) is 1. The number of rotatable bonds is 5. The Bertz CT molecular complexity index is 526. The van der Waals surface area contributed by atoms with E-state index in [4.69, 9.17) is 14.2 Å². The molecule has 2 saturated heterocycles. The molecule has 1 aromatic rings. The van der Waals surface area contributed by atoms with Crippen LogP contribution in [-0.4, -0.2) is 56.6 Å². The molecule has 1 aromatic carbocycles. The normalized spacial score (nSPS) is 21.5. The Morgan fingerprint density at radius 1 is 1.25 bits per heavy atom. The lowest BCUT2D eigenvalue weighted by atomic mass is 10.1. The Hall–Kier alpha value is -1.63. The summed E-state index contributed by atoms with van der Waals surface area (Å²) in [5.41, 5.74) is 1.84. The number of amides is 2. The van der Waals surface area contributed by atoms with Crippen molar-refractivity contribution in [2.24, 2.45) is 0 Å². The molecular weight excluding hydrogens is 308 g/mol. The fraction of sp³-hybridized carbons (Fsp3) is 0.611. The summed E-state index contributed by atoms with van der Waals surface area (Å²) in [6.45, 7) is 4.48. The van der Waals surface area contributed by atoms with Gasteiger partial charge in [-0.1, -0.05) is 12.1 Å². The molecule has 24 heavy (non-hydrogen) atoms. The van der Waals surface area contributed by atoms with Gasteiger partial charge in [0.25, 0.3) is 0 Å². The van der Waals surface area contributed by atoms with Crippen LogP contribution in [0.5, 0.6) is 0 Å². The Labute approximate surface area is 143 Å². The van der Waals surface area contributed by atoms with Gasteiger partial charge in [0.05, 0.1) is 32.5 Å². The summed E-state index contributed by atoms with van der Waals surface area (Å²) in [7, 11) is 0. The number of benzene rings is 1. The zero-order valence-corrected chi connectivity index (χ0v) is 14.0. The molecule has 0 aromatic heterocycles. The van der Waals surface area contributed by atoms with Crippen molar-refractivity contribution >= 4 is 11.7 Å². The molecule has 1 N–H and O–H groups in total. The van der Waals surface area contributed by atoms with Gasteiger partial charge in [0.1, 0.15) is 0 Å². The minimum Gasteiger partial charge on any atom is -0.378 e. The van der Waals surface area contributed by atoms with Gasteiger partial charge in [-0.2, -0.15) is 0 Å². The summed E-state index contributed by atoms with van der Waals surface area (Å²) in [5.74, 6) is 0. The maximum atomic E-state index is 12.2. The number of hydrogen-bond acceptors (Lipinski definition) is 4. The lowest BCUT2D eigenvalue weighted by Gasteiger charge is -2.27. The fourth-order valence-electron chi connectivity index (χ4n) is 2.95. The average Bonchev–Trinajstić information content (AvgIpc) is 2.64. The summed E-state index contributed by atoms with van der Waals surface area (Å²) in [4.78, 5) is 14.0. The van der Waals surface area contributed by atoms with Crippen LogP contribution in [-0.2, 0) is 20.8 Å². The second-order valence-electron chi connectivity index (χ2n) is 6.23. The van der Waals surface area contributed by atoms with Gasteiger partial charge in [-0.05, 0) is 37.0 Å². The smallest absolute Gasteiger partial charge is 0.321 e. The zero-order valence-electron chi connectivity index (χ0n) is 14.0. The third-order valence-corrected chi connectivity index (χ3v) is 4.32. The molecule has 0 aliphatic carbocycles. The van der Waals surface area contributed by atoms with E-state index in [-0.39, 0.29) is 12.1 Å². The minimum absolute atomic E-state index is 0.0769. The lowest BCUT2D eigenvalue weighted by Crippen LogP contribution is -2.43. The van der Waals surface area contributed by atoms with Crippen LogP contribution in [0.4, 0.5) is 10.5 Å². The van der Waals surface area contributed by atoms with Crippen molar-refractivity contribution in [2.75, 3.05) is 44.8 Å². The highest BCUT2D eigenvalue weighted by Crippen LogP contribution is 2.15. The SMILES string of the molecule is O=C(Nc1cccc(COC[C@@H]2CCCCO2)c1)N1CCOCC1. The van der Waals surface area contributed by atoms with Crippen LogP contribution in [0.1, 0.15) is 24.8 Å². The zero-order chi connectivity index (χ0) is 16.6. The minimum atomic E-state index is -0.0769. The third kappa shape index (κ3) is 5.19. The van der Waals surface area contributed by atoms with Crippen molar-refractivity contribution in [2.45, 2.75) is 32.0 Å². The molecule has 0 unspecified atom stereocenters. The Morgan fingerprint density at radius 2 is 2.12 bits per heavy atom. The number of urea groups is 1. The van der Waals surface area contributed by atoms with Crippen LogP contribution >= 0.6 is 0 Å². The molecule has 2 aliphatic rings. The van der Waals surface area contributed by atoms with E-state index >= 15 is 0 Å². The fourth-order valence-corrected chi connectivity index (χ4v) is 2.95. The molecule has 2 aliphatic heterocycles. The highest BCUT2D eigenvalue weighted by Gasteiger charge is 2.17. The Balaban J connectivity index is 1.45. The van der Waals surface area contributed by atoms with Crippen LogP contribution in [0.25, 0.3) is 0 Å². The number of carbonyl (C=O) groups is 1. The number of anilines is 1. The van der Waals surface area contributed by atoms with Crippen LogP contribution in [0, 0.1) is 0 Å². The lowest BCUT2D eigenvalue weighted by molar-refractivity contribution is -0.0447. The van der Waals surface area contributed by atoms with Crippen molar-refractivity contribution in [1.29, 1.82) is 0 Å². The number of nitrogens with zero attached hydrogens (tertiary/aromatic N) is 1. The van der Waals surface area contributed by atoms with E-state index in [2.05, 4.69) is 5.32 Å². The van der Waals surface area contributed by atoms with Crippen LogP contribution in [0.2, 0.25) is 0 Å². The molecule has 2 fully saturated rings. The largest absolute Gasteiger partial charge is 0.378 e. The second-order valence-corrected chi connectivity index (χ2v) is 6.23. The van der Waals surface area contributed by atoms with Gasteiger partial charge in [-0.25, -0.2) is 4.79 Å². The summed E-state index contributed by atoms with van der Waals surface area (Å²) >= 11 is 0. The van der Waals surface area contributed by atoms with Gasteiger partial charge in [0, 0.05) is 25.4 Å². The van der Waals surface area contributed by atoms with E-state index in [9.17, 15) is 4.79 Å². The first-order valence-corrected chi connectivity index (χ1v) is 8.73. The average molecular weight is 334 g/mol. The van der Waals surface area contributed by atoms with Gasteiger partial charge in [-0.15, -0.1) is 0 Å². The first-order valence-electron chi connectivity index (χ1n) is 8.73. The van der Waals surface area contributed by atoms with E-state index in [1.54, 1.807) is 4.90 Å². The quantitative estimate of drug-likeness (QED) is 0.899. The number of hydrogen-bond donors (Lipinski definition) is 1. The van der Waals surface area contributed by atoms with Crippen LogP contribution in [0.15, 0.2) is 24.3 Å². The van der Waals surface area contributed by atoms with Crippen LogP contribution in [0.3, 0.4) is 0 Å². The predicted octanol–water partition coefficient (Wildman–Crippen LogP) is 2.64. The Morgan fingerprint density at radius 3 is 2.92 bits per heavy atom. The molecule has 3 rings (SSSR count).